The van der Waals surface area contributed by atoms with E-state index in [9.17, 15) is 4.79 Å². The normalized spacial score (nSPS) is 24.7. The predicted octanol–water partition coefficient (Wildman–Crippen LogP) is 1.14. The highest BCUT2D eigenvalue weighted by Gasteiger charge is 2.35. The van der Waals surface area contributed by atoms with Crippen molar-refractivity contribution in [3.8, 4) is 0 Å². The molecule has 4 heteroatoms. The zero-order valence-electron chi connectivity index (χ0n) is 8.12. The Morgan fingerprint density at radius 3 is 2.93 bits per heavy atom. The fourth-order valence-corrected chi connectivity index (χ4v) is 2.16. The summed E-state index contributed by atoms with van der Waals surface area (Å²) in [6.07, 6.45) is 1.90. The van der Waals surface area contributed by atoms with Crippen LogP contribution in [-0.4, -0.2) is 18.0 Å². The van der Waals surface area contributed by atoms with Crippen LogP contribution >= 0.6 is 11.3 Å². The molecule has 3 N–H and O–H groups in total. The van der Waals surface area contributed by atoms with Crippen LogP contribution in [0.5, 0.6) is 0 Å². The van der Waals surface area contributed by atoms with Crippen molar-refractivity contribution in [3.05, 3.63) is 21.9 Å². The summed E-state index contributed by atoms with van der Waals surface area (Å²) in [5.74, 6) is 0.0210. The molecule has 14 heavy (non-hydrogen) atoms. The molecule has 0 spiro atoms. The molecule has 2 unspecified atom stereocenters. The molecule has 0 saturated heterocycles. The van der Waals surface area contributed by atoms with Crippen molar-refractivity contribution in [2.75, 3.05) is 0 Å². The van der Waals surface area contributed by atoms with Crippen LogP contribution in [0.15, 0.2) is 12.1 Å². The van der Waals surface area contributed by atoms with Crippen LogP contribution in [0.4, 0.5) is 0 Å². The van der Waals surface area contributed by atoms with Gasteiger partial charge in [-0.25, -0.2) is 0 Å². The van der Waals surface area contributed by atoms with Gasteiger partial charge in [-0.05, 0) is 25.0 Å². The molecule has 1 aliphatic carbocycles. The van der Waals surface area contributed by atoms with Gasteiger partial charge in [-0.3, -0.25) is 4.79 Å². The zero-order valence-corrected chi connectivity index (χ0v) is 8.93. The van der Waals surface area contributed by atoms with Crippen LogP contribution in [0, 0.1) is 0 Å². The Labute approximate surface area is 87.3 Å². The van der Waals surface area contributed by atoms with E-state index >= 15 is 0 Å². The molecule has 0 radical (unpaired) electrons. The summed E-state index contributed by atoms with van der Waals surface area (Å²) < 4.78 is 0. The molecule has 1 aliphatic rings. The van der Waals surface area contributed by atoms with E-state index in [1.54, 1.807) is 11.3 Å². The van der Waals surface area contributed by atoms with Crippen molar-refractivity contribution in [2.24, 2.45) is 5.73 Å². The number of nitrogens with two attached hydrogens (primary N) is 1. The molecule has 0 aliphatic heterocycles. The van der Waals surface area contributed by atoms with Crippen molar-refractivity contribution in [2.45, 2.75) is 31.8 Å². The number of aryl methyl sites for hydroxylation is 1. The first kappa shape index (κ1) is 9.68. The number of carbonyl (C=O) groups excluding carboxylic acids is 1. The second kappa shape index (κ2) is 3.71. The van der Waals surface area contributed by atoms with Gasteiger partial charge in [-0.2, -0.15) is 0 Å². The highest BCUT2D eigenvalue weighted by atomic mass is 32.1. The minimum atomic E-state index is 0.0210. The summed E-state index contributed by atoms with van der Waals surface area (Å²) >= 11 is 1.56. The summed E-state index contributed by atoms with van der Waals surface area (Å²) in [6, 6.07) is 4.26. The summed E-state index contributed by atoms with van der Waals surface area (Å²) in [6.45, 7) is 2.09. The topological polar surface area (TPSA) is 55.1 Å². The summed E-state index contributed by atoms with van der Waals surface area (Å²) in [7, 11) is 0. The van der Waals surface area contributed by atoms with E-state index in [4.69, 9.17) is 5.73 Å². The Balaban J connectivity index is 1.96. The molecule has 1 heterocycles. The van der Waals surface area contributed by atoms with Crippen LogP contribution in [0.25, 0.3) is 0 Å². The molecule has 1 aromatic rings. The first-order chi connectivity index (χ1) is 6.70. The minimum Gasteiger partial charge on any atom is -0.347 e. The third-order valence-electron chi connectivity index (χ3n) is 2.39. The smallest absolute Gasteiger partial charge is 0.261 e. The predicted molar refractivity (Wildman–Crippen MR) is 57.5 cm³/mol. The molecule has 1 amide bonds. The largest absolute Gasteiger partial charge is 0.347 e. The molecular weight excluding hydrogens is 196 g/mol. The maximum Gasteiger partial charge on any atom is 0.261 e. The van der Waals surface area contributed by atoms with Gasteiger partial charge >= 0.3 is 0 Å². The van der Waals surface area contributed by atoms with Gasteiger partial charge in [-0.15, -0.1) is 11.3 Å². The lowest BCUT2D eigenvalue weighted by molar-refractivity contribution is 0.0954. The van der Waals surface area contributed by atoms with E-state index in [2.05, 4.69) is 12.2 Å². The number of hydrogen-bond donors (Lipinski definition) is 2. The number of nitrogens with one attached hydrogen (secondary N) is 1. The lowest BCUT2D eigenvalue weighted by atomic mass is 10.3. The summed E-state index contributed by atoms with van der Waals surface area (Å²) in [4.78, 5) is 13.7. The van der Waals surface area contributed by atoms with E-state index < -0.39 is 0 Å². The third kappa shape index (κ3) is 1.96. The first-order valence-corrected chi connectivity index (χ1v) is 5.67. The van der Waals surface area contributed by atoms with Crippen molar-refractivity contribution in [3.63, 3.8) is 0 Å². The number of hydrogen-bond acceptors (Lipinski definition) is 3. The van der Waals surface area contributed by atoms with Gasteiger partial charge < -0.3 is 11.1 Å². The van der Waals surface area contributed by atoms with Crippen molar-refractivity contribution in [1.29, 1.82) is 0 Å². The highest BCUT2D eigenvalue weighted by molar-refractivity contribution is 7.14. The maximum absolute atomic E-state index is 11.6. The van der Waals surface area contributed by atoms with Gasteiger partial charge in [0.25, 0.3) is 5.91 Å². The average Bonchev–Trinajstić information content (AvgIpc) is 2.72. The van der Waals surface area contributed by atoms with Crippen molar-refractivity contribution >= 4 is 17.2 Å². The molecule has 2 atom stereocenters. The van der Waals surface area contributed by atoms with Crippen LogP contribution in [0.3, 0.4) is 0 Å². The molecule has 0 aromatic carbocycles. The summed E-state index contributed by atoms with van der Waals surface area (Å²) in [5, 5.41) is 2.90. The van der Waals surface area contributed by atoms with Crippen molar-refractivity contribution in [1.82, 2.24) is 5.32 Å². The van der Waals surface area contributed by atoms with E-state index in [1.165, 1.54) is 4.88 Å². The Kier molecular flexibility index (Phi) is 2.56. The van der Waals surface area contributed by atoms with Gasteiger partial charge in [0.15, 0.2) is 0 Å². The lowest BCUT2D eigenvalue weighted by Crippen LogP contribution is -2.28. The standard InChI is InChI=1S/C10H14N2OS/c1-2-6-3-4-9(14-6)10(13)12-8-5-7(8)11/h3-4,7-8H,2,5,11H2,1H3,(H,12,13). The molecule has 3 nitrogen and oxygen atoms in total. The van der Waals surface area contributed by atoms with E-state index in [0.717, 1.165) is 17.7 Å². The number of rotatable bonds is 3. The Hall–Kier alpha value is -0.870. The Morgan fingerprint density at radius 1 is 1.71 bits per heavy atom. The Bertz CT molecular complexity index is 348. The van der Waals surface area contributed by atoms with Crippen LogP contribution < -0.4 is 11.1 Å². The molecule has 2 rings (SSSR count). The third-order valence-corrected chi connectivity index (χ3v) is 3.62. The van der Waals surface area contributed by atoms with E-state index in [1.807, 2.05) is 12.1 Å². The molecule has 1 fully saturated rings. The molecular formula is C10H14N2OS. The fourth-order valence-electron chi connectivity index (χ4n) is 1.31. The molecule has 1 saturated carbocycles. The van der Waals surface area contributed by atoms with Gasteiger partial charge in [0.2, 0.25) is 0 Å². The molecule has 1 aromatic heterocycles. The average molecular weight is 210 g/mol. The monoisotopic (exact) mass is 210 g/mol. The maximum atomic E-state index is 11.6. The van der Waals surface area contributed by atoms with Gasteiger partial charge in [0.05, 0.1) is 4.88 Å². The van der Waals surface area contributed by atoms with Gasteiger partial charge in [0.1, 0.15) is 0 Å². The van der Waals surface area contributed by atoms with E-state index in [0.29, 0.717) is 0 Å². The fraction of sp³-hybridized carbons (Fsp3) is 0.500. The number of carbonyl (C=O) groups is 1. The van der Waals surface area contributed by atoms with Crippen LogP contribution in [0.2, 0.25) is 0 Å². The number of thiophene rings is 1. The van der Waals surface area contributed by atoms with Gasteiger partial charge in [0, 0.05) is 17.0 Å². The SMILES string of the molecule is CCc1ccc(C(=O)NC2CC2N)s1. The second-order valence-electron chi connectivity index (χ2n) is 3.60. The van der Waals surface area contributed by atoms with Crippen molar-refractivity contribution < 1.29 is 4.79 Å². The zero-order chi connectivity index (χ0) is 10.1. The van der Waals surface area contributed by atoms with E-state index in [-0.39, 0.29) is 18.0 Å². The molecule has 0 bridgehead atoms. The summed E-state index contributed by atoms with van der Waals surface area (Å²) in [5.41, 5.74) is 5.61. The quantitative estimate of drug-likeness (QED) is 0.786. The Morgan fingerprint density at radius 2 is 2.43 bits per heavy atom. The highest BCUT2D eigenvalue weighted by Crippen LogP contribution is 2.21. The second-order valence-corrected chi connectivity index (χ2v) is 4.77. The minimum absolute atomic E-state index is 0.0210. The number of amides is 1. The molecule has 76 valence electrons. The van der Waals surface area contributed by atoms with Crippen LogP contribution in [-0.2, 0) is 6.42 Å². The van der Waals surface area contributed by atoms with Crippen LogP contribution in [0.1, 0.15) is 27.9 Å². The first-order valence-electron chi connectivity index (χ1n) is 4.86. The lowest BCUT2D eigenvalue weighted by Gasteiger charge is -1.99. The van der Waals surface area contributed by atoms with Gasteiger partial charge in [-0.1, -0.05) is 6.92 Å².